The smallest absolute Gasteiger partial charge is 0.272 e. The lowest BCUT2D eigenvalue weighted by Gasteiger charge is -2.18. The Morgan fingerprint density at radius 3 is 3.00 bits per heavy atom. The zero-order valence-electron chi connectivity index (χ0n) is 13.3. The van der Waals surface area contributed by atoms with Gasteiger partial charge >= 0.3 is 0 Å². The van der Waals surface area contributed by atoms with E-state index >= 15 is 0 Å². The lowest BCUT2D eigenvalue weighted by molar-refractivity contribution is 0.0886. The molecule has 1 aromatic rings. The number of nitrogens with one attached hydrogen (secondary N) is 1. The first-order valence-electron chi connectivity index (χ1n) is 8.71. The van der Waals surface area contributed by atoms with Gasteiger partial charge in [0.25, 0.3) is 5.91 Å². The van der Waals surface area contributed by atoms with Crippen LogP contribution in [0.15, 0.2) is 0 Å². The van der Waals surface area contributed by atoms with Crippen LogP contribution in [-0.2, 0) is 24.6 Å². The summed E-state index contributed by atoms with van der Waals surface area (Å²) in [7, 11) is 1.95. The number of carbonyl (C=O) groups excluding carboxylic acids is 1. The Hall–Kier alpha value is -1.36. The van der Waals surface area contributed by atoms with E-state index in [2.05, 4.69) is 10.4 Å². The third-order valence-corrected chi connectivity index (χ3v) is 5.61. The summed E-state index contributed by atoms with van der Waals surface area (Å²) in [6.07, 6.45) is 10.0. The van der Waals surface area contributed by atoms with Crippen LogP contribution in [0.5, 0.6) is 0 Å². The summed E-state index contributed by atoms with van der Waals surface area (Å²) < 4.78 is 7.77. The number of amides is 1. The molecule has 0 spiro atoms. The summed E-state index contributed by atoms with van der Waals surface area (Å²) in [5.74, 6) is 0.638. The number of rotatable bonds is 4. The Morgan fingerprint density at radius 2 is 2.23 bits per heavy atom. The van der Waals surface area contributed by atoms with Crippen LogP contribution >= 0.6 is 0 Å². The van der Waals surface area contributed by atoms with Gasteiger partial charge in [0.15, 0.2) is 5.69 Å². The number of aryl methyl sites for hydroxylation is 1. The number of aromatic nitrogens is 2. The van der Waals surface area contributed by atoms with Gasteiger partial charge in [0.2, 0.25) is 0 Å². The van der Waals surface area contributed by atoms with E-state index in [1.807, 2.05) is 11.7 Å². The molecule has 0 aromatic carbocycles. The number of nitrogens with zero attached hydrogens (tertiary/aromatic N) is 2. The maximum absolute atomic E-state index is 12.4. The van der Waals surface area contributed by atoms with E-state index in [9.17, 15) is 4.79 Å². The van der Waals surface area contributed by atoms with Crippen LogP contribution in [-0.4, -0.2) is 34.4 Å². The van der Waals surface area contributed by atoms with E-state index in [0.29, 0.717) is 23.8 Å². The second kappa shape index (κ2) is 5.69. The van der Waals surface area contributed by atoms with Crippen LogP contribution < -0.4 is 5.32 Å². The topological polar surface area (TPSA) is 56.2 Å². The summed E-state index contributed by atoms with van der Waals surface area (Å²) in [6, 6.07) is 0. The number of hydrogen-bond donors (Lipinski definition) is 1. The van der Waals surface area contributed by atoms with Crippen molar-refractivity contribution in [3.05, 3.63) is 17.0 Å². The molecule has 2 fully saturated rings. The third-order valence-electron chi connectivity index (χ3n) is 5.61. The second-order valence-corrected chi connectivity index (χ2v) is 7.02. The van der Waals surface area contributed by atoms with Gasteiger partial charge in [0.05, 0.1) is 12.2 Å². The van der Waals surface area contributed by atoms with Crippen molar-refractivity contribution in [3.63, 3.8) is 0 Å². The number of hydrogen-bond acceptors (Lipinski definition) is 3. The molecule has 3 unspecified atom stereocenters. The maximum atomic E-state index is 12.4. The van der Waals surface area contributed by atoms with Crippen molar-refractivity contribution in [1.29, 1.82) is 0 Å². The predicted molar refractivity (Wildman–Crippen MR) is 82.8 cm³/mol. The highest BCUT2D eigenvalue weighted by molar-refractivity contribution is 5.94. The lowest BCUT2D eigenvalue weighted by Crippen LogP contribution is -2.29. The molecule has 2 saturated heterocycles. The molecule has 3 atom stereocenters. The molecule has 1 aromatic heterocycles. The molecule has 4 rings (SSSR count). The van der Waals surface area contributed by atoms with Gasteiger partial charge in [-0.15, -0.1) is 0 Å². The highest BCUT2D eigenvalue weighted by Crippen LogP contribution is 2.40. The van der Waals surface area contributed by atoms with E-state index < -0.39 is 0 Å². The SMILES string of the molecule is Cn1nc(C(=O)NCCC2CC3CCC2O3)c2c1CCCC2. The van der Waals surface area contributed by atoms with Gasteiger partial charge in [0, 0.05) is 24.8 Å². The van der Waals surface area contributed by atoms with Crippen LogP contribution in [0.1, 0.15) is 60.3 Å². The van der Waals surface area contributed by atoms with E-state index in [-0.39, 0.29) is 5.91 Å². The first-order chi connectivity index (χ1) is 10.7. The molecule has 2 aliphatic heterocycles. The Balaban J connectivity index is 1.34. The molecule has 2 bridgehead atoms. The van der Waals surface area contributed by atoms with Gasteiger partial charge in [-0.2, -0.15) is 5.10 Å². The summed E-state index contributed by atoms with van der Waals surface area (Å²) in [6.45, 7) is 0.738. The first kappa shape index (κ1) is 14.2. The largest absolute Gasteiger partial charge is 0.375 e. The number of ether oxygens (including phenoxy) is 1. The summed E-state index contributed by atoms with van der Waals surface area (Å²) in [4.78, 5) is 12.4. The van der Waals surface area contributed by atoms with Crippen molar-refractivity contribution in [1.82, 2.24) is 15.1 Å². The number of carbonyl (C=O) groups is 1. The molecular weight excluding hydrogens is 278 g/mol. The highest BCUT2D eigenvalue weighted by atomic mass is 16.5. The first-order valence-corrected chi connectivity index (χ1v) is 8.71. The molecule has 5 nitrogen and oxygen atoms in total. The number of fused-ring (bicyclic) bond motifs is 3. The zero-order valence-corrected chi connectivity index (χ0v) is 13.3. The lowest BCUT2D eigenvalue weighted by atomic mass is 9.87. The normalized spacial score (nSPS) is 29.6. The third kappa shape index (κ3) is 2.45. The van der Waals surface area contributed by atoms with Gasteiger partial charge in [-0.3, -0.25) is 9.48 Å². The van der Waals surface area contributed by atoms with E-state index in [1.54, 1.807) is 0 Å². The van der Waals surface area contributed by atoms with Crippen molar-refractivity contribution >= 4 is 5.91 Å². The quantitative estimate of drug-likeness (QED) is 0.925. The van der Waals surface area contributed by atoms with Gasteiger partial charge in [0.1, 0.15) is 0 Å². The average Bonchev–Trinajstić information content (AvgIpc) is 3.22. The van der Waals surface area contributed by atoms with Gasteiger partial charge < -0.3 is 10.1 Å². The molecule has 1 N–H and O–H groups in total. The minimum absolute atomic E-state index is 0.00262. The molecule has 120 valence electrons. The monoisotopic (exact) mass is 303 g/mol. The summed E-state index contributed by atoms with van der Waals surface area (Å²) in [5, 5.41) is 7.54. The van der Waals surface area contributed by atoms with Crippen molar-refractivity contribution in [2.75, 3.05) is 6.54 Å². The van der Waals surface area contributed by atoms with E-state index in [4.69, 9.17) is 4.74 Å². The highest BCUT2D eigenvalue weighted by Gasteiger charge is 2.40. The van der Waals surface area contributed by atoms with Crippen LogP contribution in [0, 0.1) is 5.92 Å². The molecular formula is C17H25N3O2. The van der Waals surface area contributed by atoms with Crippen LogP contribution in [0.4, 0.5) is 0 Å². The maximum Gasteiger partial charge on any atom is 0.272 e. The fourth-order valence-electron chi connectivity index (χ4n) is 4.46. The fourth-order valence-corrected chi connectivity index (χ4v) is 4.46. The van der Waals surface area contributed by atoms with Gasteiger partial charge in [-0.05, 0) is 57.3 Å². The van der Waals surface area contributed by atoms with Crippen molar-refractivity contribution < 1.29 is 9.53 Å². The zero-order chi connectivity index (χ0) is 15.1. The second-order valence-electron chi connectivity index (χ2n) is 7.02. The van der Waals surface area contributed by atoms with E-state index in [1.165, 1.54) is 43.4 Å². The summed E-state index contributed by atoms with van der Waals surface area (Å²) >= 11 is 0. The minimum atomic E-state index is 0.00262. The molecule has 0 radical (unpaired) electrons. The molecule has 0 saturated carbocycles. The Labute approximate surface area is 131 Å². The summed E-state index contributed by atoms with van der Waals surface area (Å²) in [5.41, 5.74) is 3.08. The predicted octanol–water partition coefficient (Wildman–Crippen LogP) is 1.99. The minimum Gasteiger partial charge on any atom is -0.375 e. The molecule has 3 aliphatic rings. The molecule has 1 aliphatic carbocycles. The fraction of sp³-hybridized carbons (Fsp3) is 0.765. The Kier molecular flexibility index (Phi) is 3.68. The van der Waals surface area contributed by atoms with Crippen molar-refractivity contribution in [2.45, 2.75) is 63.6 Å². The molecule has 1 amide bonds. The van der Waals surface area contributed by atoms with Crippen LogP contribution in [0.25, 0.3) is 0 Å². The standard InChI is InChI=1S/C17H25N3O2/c1-20-14-5-3-2-4-13(14)16(19-20)17(21)18-9-8-11-10-12-6-7-15(11)22-12/h11-12,15H,2-10H2,1H3,(H,18,21). The molecule has 5 heteroatoms. The van der Waals surface area contributed by atoms with Crippen LogP contribution in [0.2, 0.25) is 0 Å². The Bertz CT molecular complexity index is 581. The Morgan fingerprint density at radius 1 is 1.36 bits per heavy atom. The van der Waals surface area contributed by atoms with Gasteiger partial charge in [-0.25, -0.2) is 0 Å². The van der Waals surface area contributed by atoms with Crippen LogP contribution in [0.3, 0.4) is 0 Å². The van der Waals surface area contributed by atoms with Crippen molar-refractivity contribution in [2.24, 2.45) is 13.0 Å². The average molecular weight is 303 g/mol. The molecule has 3 heterocycles. The molecule has 22 heavy (non-hydrogen) atoms. The van der Waals surface area contributed by atoms with Crippen molar-refractivity contribution in [3.8, 4) is 0 Å². The van der Waals surface area contributed by atoms with E-state index in [0.717, 1.165) is 25.8 Å². The van der Waals surface area contributed by atoms with Gasteiger partial charge in [-0.1, -0.05) is 0 Å².